The maximum absolute atomic E-state index is 13.2. The van der Waals surface area contributed by atoms with Crippen LogP contribution in [0, 0.1) is 20.8 Å². The molecule has 2 aliphatic heterocycles. The molecule has 0 unspecified atom stereocenters. The average molecular weight is 347 g/mol. The van der Waals surface area contributed by atoms with E-state index in [4.69, 9.17) is 14.3 Å². The van der Waals surface area contributed by atoms with Crippen LogP contribution in [0.1, 0.15) is 35.1 Å². The van der Waals surface area contributed by atoms with Crippen LogP contribution in [0.4, 0.5) is 0 Å². The first-order valence-corrected chi connectivity index (χ1v) is 8.48. The summed E-state index contributed by atoms with van der Waals surface area (Å²) in [5, 5.41) is 12.4. The molecule has 1 N–H and O–H groups in total. The maximum atomic E-state index is 13.2. The summed E-state index contributed by atoms with van der Waals surface area (Å²) in [7, 11) is 1.50. The molecule has 1 aromatic carbocycles. The summed E-state index contributed by atoms with van der Waals surface area (Å²) in [5.74, 6) is -0.251. The molecule has 6 nitrogen and oxygen atoms in total. The van der Waals surface area contributed by atoms with Crippen LogP contribution in [0.15, 0.2) is 17.9 Å². The number of benzene rings is 1. The van der Waals surface area contributed by atoms with Gasteiger partial charge in [0.25, 0.3) is 5.91 Å². The van der Waals surface area contributed by atoms with Crippen LogP contribution in [-0.4, -0.2) is 48.7 Å². The Labute approximate surface area is 147 Å². The predicted octanol–water partition coefficient (Wildman–Crippen LogP) is 2.81. The molecule has 0 atom stereocenters. The highest BCUT2D eigenvalue weighted by Crippen LogP contribution is 2.46. The minimum Gasteiger partial charge on any atom is -0.509 e. The van der Waals surface area contributed by atoms with Crippen molar-refractivity contribution >= 4 is 11.5 Å². The number of aryl methyl sites for hydroxylation is 3. The number of hydrogen-bond acceptors (Lipinski definition) is 5. The van der Waals surface area contributed by atoms with E-state index < -0.39 is 5.54 Å². The zero-order valence-corrected chi connectivity index (χ0v) is 15.2. The van der Waals surface area contributed by atoms with Crippen molar-refractivity contribution in [2.75, 3.05) is 27.1 Å². The number of carbonyl (C=O) groups excluding carboxylic acids is 1. The first kappa shape index (κ1) is 17.9. The van der Waals surface area contributed by atoms with Gasteiger partial charge in [0.2, 0.25) is 0 Å². The Morgan fingerprint density at radius 1 is 1.20 bits per heavy atom. The molecule has 0 aliphatic carbocycles. The lowest BCUT2D eigenvalue weighted by molar-refractivity contribution is -0.253. The molecule has 0 bridgehead atoms. The number of hydroxylamine groups is 2. The molecular weight excluding hydrogens is 322 g/mol. The van der Waals surface area contributed by atoms with Crippen molar-refractivity contribution in [3.05, 3.63) is 40.1 Å². The second-order valence-corrected chi connectivity index (χ2v) is 6.78. The smallest absolute Gasteiger partial charge is 0.282 e. The third-order valence-electron chi connectivity index (χ3n) is 5.01. The summed E-state index contributed by atoms with van der Waals surface area (Å²) in [6, 6.07) is 4.04. The van der Waals surface area contributed by atoms with Gasteiger partial charge in [-0.25, -0.2) is 9.90 Å². The van der Waals surface area contributed by atoms with Crippen LogP contribution >= 0.6 is 0 Å². The minimum absolute atomic E-state index is 0.0548. The molecule has 1 aromatic rings. The number of hydrogen-bond donors (Lipinski definition) is 1. The number of aliphatic hydroxyl groups excluding tert-OH is 1. The summed E-state index contributed by atoms with van der Waals surface area (Å²) < 4.78 is 10.4. The third kappa shape index (κ3) is 2.84. The van der Waals surface area contributed by atoms with E-state index in [0.717, 1.165) is 22.3 Å². The van der Waals surface area contributed by atoms with Crippen molar-refractivity contribution in [2.24, 2.45) is 0 Å². The van der Waals surface area contributed by atoms with Crippen molar-refractivity contribution < 1.29 is 24.2 Å². The first-order valence-electron chi connectivity index (χ1n) is 8.48. The first-order chi connectivity index (χ1) is 11.9. The van der Waals surface area contributed by atoms with Crippen LogP contribution in [0.3, 0.4) is 0 Å². The van der Waals surface area contributed by atoms with Crippen LogP contribution < -0.4 is 0 Å². The van der Waals surface area contributed by atoms with E-state index in [1.165, 1.54) is 12.2 Å². The predicted molar refractivity (Wildman–Crippen MR) is 92.8 cm³/mol. The number of carbonyl (C=O) groups is 1. The molecule has 3 rings (SSSR count). The summed E-state index contributed by atoms with van der Waals surface area (Å²) in [6.45, 7) is 6.80. The third-order valence-corrected chi connectivity index (χ3v) is 5.01. The quantitative estimate of drug-likeness (QED) is 0.848. The van der Waals surface area contributed by atoms with Crippen molar-refractivity contribution in [3.63, 3.8) is 0 Å². The number of amides is 1. The fourth-order valence-corrected chi connectivity index (χ4v) is 3.96. The second kappa shape index (κ2) is 6.78. The standard InChI is InChI=1S/C19H25NO5/c1-12-9-13(2)15(14(3)10-12)16-17(21)19(5-7-24-8-6-19)20(18(16)22)25-11-23-4/h9-10,21H,5-8,11H2,1-4H3. The molecule has 6 heteroatoms. The van der Waals surface area contributed by atoms with Gasteiger partial charge in [0.05, 0.1) is 5.57 Å². The Bertz CT molecular complexity index is 696. The molecule has 0 saturated carbocycles. The number of nitrogens with zero attached hydrogens (tertiary/aromatic N) is 1. The second-order valence-electron chi connectivity index (χ2n) is 6.78. The van der Waals surface area contributed by atoms with Gasteiger partial charge in [0.1, 0.15) is 11.3 Å². The molecule has 1 spiro atoms. The van der Waals surface area contributed by atoms with Gasteiger partial charge in [-0.1, -0.05) is 17.7 Å². The molecule has 0 aromatic heterocycles. The molecule has 0 radical (unpaired) electrons. The van der Waals surface area contributed by atoms with E-state index in [9.17, 15) is 9.90 Å². The van der Waals surface area contributed by atoms with Crippen LogP contribution in [0.2, 0.25) is 0 Å². The number of aliphatic hydroxyl groups is 1. The zero-order valence-electron chi connectivity index (χ0n) is 15.2. The molecule has 1 saturated heterocycles. The van der Waals surface area contributed by atoms with E-state index in [0.29, 0.717) is 31.6 Å². The van der Waals surface area contributed by atoms with E-state index in [2.05, 4.69) is 0 Å². The summed E-state index contributed by atoms with van der Waals surface area (Å²) >= 11 is 0. The molecule has 1 fully saturated rings. The minimum atomic E-state index is -0.882. The highest BCUT2D eigenvalue weighted by molar-refractivity contribution is 6.23. The molecule has 136 valence electrons. The SMILES string of the molecule is COCON1C(=O)C(c2c(C)cc(C)cc2C)=C(O)C12CCOCC2. The fourth-order valence-electron chi connectivity index (χ4n) is 3.96. The van der Waals surface area contributed by atoms with Crippen molar-refractivity contribution in [3.8, 4) is 0 Å². The Balaban J connectivity index is 2.14. The zero-order chi connectivity index (χ0) is 18.2. The van der Waals surface area contributed by atoms with E-state index >= 15 is 0 Å². The van der Waals surface area contributed by atoms with Crippen molar-refractivity contribution in [1.82, 2.24) is 5.06 Å². The van der Waals surface area contributed by atoms with Crippen LogP contribution in [0.5, 0.6) is 0 Å². The fraction of sp³-hybridized carbons (Fsp3) is 0.526. The average Bonchev–Trinajstić information content (AvgIpc) is 2.75. The van der Waals surface area contributed by atoms with E-state index in [-0.39, 0.29) is 18.5 Å². The van der Waals surface area contributed by atoms with Crippen LogP contribution in [0.25, 0.3) is 5.57 Å². The molecular formula is C19H25NO5. The van der Waals surface area contributed by atoms with Crippen molar-refractivity contribution in [2.45, 2.75) is 39.2 Å². The van der Waals surface area contributed by atoms with E-state index in [1.54, 1.807) is 0 Å². The highest BCUT2D eigenvalue weighted by Gasteiger charge is 2.54. The lowest BCUT2D eigenvalue weighted by Gasteiger charge is -2.39. The Hall–Kier alpha value is -1.89. The molecule has 25 heavy (non-hydrogen) atoms. The lowest BCUT2D eigenvalue weighted by Crippen LogP contribution is -2.51. The van der Waals surface area contributed by atoms with Crippen molar-refractivity contribution in [1.29, 1.82) is 0 Å². The van der Waals surface area contributed by atoms with Gasteiger partial charge in [-0.15, -0.1) is 0 Å². The Kier molecular flexibility index (Phi) is 4.86. The monoisotopic (exact) mass is 347 g/mol. The summed E-state index contributed by atoms with van der Waals surface area (Å²) in [6.07, 6.45) is 0.976. The Morgan fingerprint density at radius 3 is 2.36 bits per heavy atom. The topological polar surface area (TPSA) is 68.2 Å². The molecule has 2 heterocycles. The van der Waals surface area contributed by atoms with Gasteiger partial charge in [-0.05, 0) is 37.5 Å². The Morgan fingerprint density at radius 2 is 1.80 bits per heavy atom. The van der Waals surface area contributed by atoms with E-state index in [1.807, 2.05) is 32.9 Å². The van der Waals surface area contributed by atoms with Gasteiger partial charge in [-0.2, -0.15) is 0 Å². The lowest BCUT2D eigenvalue weighted by atomic mass is 9.86. The van der Waals surface area contributed by atoms with Gasteiger partial charge in [0.15, 0.2) is 6.79 Å². The van der Waals surface area contributed by atoms with Gasteiger partial charge in [0, 0.05) is 33.2 Å². The highest BCUT2D eigenvalue weighted by atomic mass is 16.8. The van der Waals surface area contributed by atoms with Crippen LogP contribution in [-0.2, 0) is 19.1 Å². The normalized spacial score (nSPS) is 20.0. The number of ether oxygens (including phenoxy) is 2. The largest absolute Gasteiger partial charge is 0.509 e. The van der Waals surface area contributed by atoms with Gasteiger partial charge < -0.3 is 14.6 Å². The maximum Gasteiger partial charge on any atom is 0.282 e. The number of rotatable bonds is 4. The van der Waals surface area contributed by atoms with Gasteiger partial charge in [-0.3, -0.25) is 4.79 Å². The summed E-state index contributed by atoms with van der Waals surface area (Å²) in [5.41, 5.74) is 3.27. The number of methoxy groups -OCH3 is 1. The molecule has 1 amide bonds. The van der Waals surface area contributed by atoms with Gasteiger partial charge >= 0.3 is 0 Å². The summed E-state index contributed by atoms with van der Waals surface area (Å²) in [4.78, 5) is 18.8. The molecule has 2 aliphatic rings.